The summed E-state index contributed by atoms with van der Waals surface area (Å²) in [6, 6.07) is 13.5. The van der Waals surface area contributed by atoms with E-state index in [-0.39, 0.29) is 18.4 Å². The summed E-state index contributed by atoms with van der Waals surface area (Å²) in [6.07, 6.45) is 0. The van der Waals surface area contributed by atoms with Gasteiger partial charge in [0.25, 0.3) is 0 Å². The second-order valence-corrected chi connectivity index (χ2v) is 7.53. The number of hydrogen-bond donors (Lipinski definition) is 1. The number of nitrogens with two attached hydrogens (primary N) is 1. The SMILES string of the molecule is Cc1cc(-c2c(-c3ccccc3)nc(N)n3c(=O)n(Cc4nc(C)no4)nc23)cc(C)n1. The molecule has 0 fully saturated rings. The van der Waals surface area contributed by atoms with Gasteiger partial charge in [0, 0.05) is 17.0 Å². The van der Waals surface area contributed by atoms with Crippen molar-refractivity contribution in [3.63, 3.8) is 0 Å². The Labute approximate surface area is 182 Å². The first-order valence-electron chi connectivity index (χ1n) is 10.00. The summed E-state index contributed by atoms with van der Waals surface area (Å²) in [4.78, 5) is 26.4. The van der Waals surface area contributed by atoms with Crippen LogP contribution in [0.3, 0.4) is 0 Å². The van der Waals surface area contributed by atoms with Crippen molar-refractivity contribution in [2.24, 2.45) is 0 Å². The van der Waals surface area contributed by atoms with Crippen molar-refractivity contribution in [1.29, 1.82) is 0 Å². The highest BCUT2D eigenvalue weighted by Crippen LogP contribution is 2.34. The number of aryl methyl sites for hydroxylation is 3. The summed E-state index contributed by atoms with van der Waals surface area (Å²) in [7, 11) is 0. The minimum absolute atomic E-state index is 0.0231. The first-order valence-corrected chi connectivity index (χ1v) is 10.00. The fourth-order valence-electron chi connectivity index (χ4n) is 3.79. The number of benzene rings is 1. The standard InChI is InChI=1S/C22H20N8O2/c1-12-9-16(10-13(2)24-12)18-19(15-7-5-4-6-8-15)26-21(23)30-20(18)27-29(22(30)31)11-17-25-14(3)28-32-17/h4-10H,11H2,1-3H3,(H2,23,26). The van der Waals surface area contributed by atoms with E-state index in [4.69, 9.17) is 10.3 Å². The van der Waals surface area contributed by atoms with Crippen LogP contribution in [0.2, 0.25) is 0 Å². The number of aromatic nitrogens is 7. The fraction of sp³-hybridized carbons (Fsp3) is 0.182. The van der Waals surface area contributed by atoms with Crippen LogP contribution < -0.4 is 11.4 Å². The van der Waals surface area contributed by atoms with E-state index < -0.39 is 5.69 Å². The van der Waals surface area contributed by atoms with E-state index >= 15 is 0 Å². The van der Waals surface area contributed by atoms with Crippen molar-refractivity contribution in [3.05, 3.63) is 76.1 Å². The maximum absolute atomic E-state index is 13.2. The largest absolute Gasteiger partial charge is 0.369 e. The molecule has 5 aromatic rings. The number of nitrogens with zero attached hydrogens (tertiary/aromatic N) is 7. The lowest BCUT2D eigenvalue weighted by atomic mass is 9.99. The van der Waals surface area contributed by atoms with Crippen LogP contribution in [-0.2, 0) is 6.54 Å². The molecule has 4 heterocycles. The molecule has 0 spiro atoms. The Morgan fingerprint density at radius 3 is 2.34 bits per heavy atom. The molecule has 0 radical (unpaired) electrons. The second kappa shape index (κ2) is 7.41. The van der Waals surface area contributed by atoms with Crippen LogP contribution in [0.15, 0.2) is 51.8 Å². The van der Waals surface area contributed by atoms with Gasteiger partial charge in [0.2, 0.25) is 11.8 Å². The molecule has 0 aliphatic heterocycles. The predicted octanol–water partition coefficient (Wildman–Crippen LogP) is 2.56. The molecule has 0 amide bonds. The Bertz CT molecular complexity index is 1490. The smallest absolute Gasteiger partial charge is 0.353 e. The van der Waals surface area contributed by atoms with Gasteiger partial charge in [0.1, 0.15) is 6.54 Å². The molecule has 0 saturated heterocycles. The number of fused-ring (bicyclic) bond motifs is 1. The Kier molecular flexibility index (Phi) is 4.54. The molecule has 5 rings (SSSR count). The van der Waals surface area contributed by atoms with Crippen LogP contribution in [0.1, 0.15) is 23.1 Å². The van der Waals surface area contributed by atoms with Gasteiger partial charge in [0.05, 0.1) is 11.3 Å². The molecule has 10 heteroatoms. The molecule has 160 valence electrons. The average molecular weight is 428 g/mol. The number of rotatable bonds is 4. The summed E-state index contributed by atoms with van der Waals surface area (Å²) in [5, 5.41) is 8.37. The van der Waals surface area contributed by atoms with Gasteiger partial charge in [-0.2, -0.15) is 4.98 Å². The zero-order chi connectivity index (χ0) is 22.4. The lowest BCUT2D eigenvalue weighted by molar-refractivity contribution is 0.361. The molecular weight excluding hydrogens is 408 g/mol. The fourth-order valence-corrected chi connectivity index (χ4v) is 3.79. The van der Waals surface area contributed by atoms with Crippen LogP contribution in [0, 0.1) is 20.8 Å². The minimum atomic E-state index is -0.441. The zero-order valence-electron chi connectivity index (χ0n) is 17.8. The molecular formula is C22H20N8O2. The minimum Gasteiger partial charge on any atom is -0.369 e. The van der Waals surface area contributed by atoms with Gasteiger partial charge < -0.3 is 10.3 Å². The summed E-state index contributed by atoms with van der Waals surface area (Å²) in [5.74, 6) is 0.802. The Morgan fingerprint density at radius 1 is 0.969 bits per heavy atom. The van der Waals surface area contributed by atoms with E-state index in [9.17, 15) is 4.79 Å². The van der Waals surface area contributed by atoms with Crippen molar-refractivity contribution in [3.8, 4) is 22.4 Å². The third-order valence-electron chi connectivity index (χ3n) is 5.03. The Morgan fingerprint density at radius 2 is 1.69 bits per heavy atom. The van der Waals surface area contributed by atoms with E-state index in [0.29, 0.717) is 22.7 Å². The van der Waals surface area contributed by atoms with Crippen molar-refractivity contribution in [1.82, 2.24) is 34.3 Å². The highest BCUT2D eigenvalue weighted by molar-refractivity contribution is 5.90. The molecule has 0 atom stereocenters. The lowest BCUT2D eigenvalue weighted by Gasteiger charge is -2.13. The number of nitrogen functional groups attached to an aromatic ring is 1. The van der Waals surface area contributed by atoms with Gasteiger partial charge >= 0.3 is 5.69 Å². The van der Waals surface area contributed by atoms with Gasteiger partial charge in [-0.15, -0.1) is 5.10 Å². The van der Waals surface area contributed by atoms with Crippen molar-refractivity contribution in [2.75, 3.05) is 5.73 Å². The number of hydrogen-bond acceptors (Lipinski definition) is 8. The first-order chi connectivity index (χ1) is 15.4. The van der Waals surface area contributed by atoms with Gasteiger partial charge in [0.15, 0.2) is 11.5 Å². The second-order valence-electron chi connectivity index (χ2n) is 7.53. The quantitative estimate of drug-likeness (QED) is 0.462. The van der Waals surface area contributed by atoms with Crippen molar-refractivity contribution < 1.29 is 4.52 Å². The Hall–Kier alpha value is -4.34. The van der Waals surface area contributed by atoms with Crippen LogP contribution in [0.5, 0.6) is 0 Å². The number of anilines is 1. The molecule has 0 aliphatic carbocycles. The van der Waals surface area contributed by atoms with Crippen LogP contribution in [-0.4, -0.2) is 34.3 Å². The van der Waals surface area contributed by atoms with Crippen LogP contribution >= 0.6 is 0 Å². The molecule has 0 aliphatic rings. The maximum atomic E-state index is 13.2. The third-order valence-corrected chi connectivity index (χ3v) is 5.03. The summed E-state index contributed by atoms with van der Waals surface area (Å²) in [5.41, 5.74) is 10.9. The first kappa shape index (κ1) is 19.6. The lowest BCUT2D eigenvalue weighted by Crippen LogP contribution is -2.23. The molecule has 0 unspecified atom stereocenters. The van der Waals surface area contributed by atoms with Gasteiger partial charge in [-0.1, -0.05) is 35.5 Å². The van der Waals surface area contributed by atoms with Crippen LogP contribution in [0.4, 0.5) is 5.95 Å². The topological polar surface area (TPSA) is 130 Å². The molecule has 2 N–H and O–H groups in total. The van der Waals surface area contributed by atoms with E-state index in [0.717, 1.165) is 22.5 Å². The summed E-state index contributed by atoms with van der Waals surface area (Å²) >= 11 is 0. The van der Waals surface area contributed by atoms with Gasteiger partial charge in [-0.25, -0.2) is 18.9 Å². The monoisotopic (exact) mass is 428 g/mol. The van der Waals surface area contributed by atoms with Crippen LogP contribution in [0.25, 0.3) is 28.0 Å². The summed E-state index contributed by atoms with van der Waals surface area (Å²) in [6.45, 7) is 5.57. The van der Waals surface area contributed by atoms with E-state index in [1.54, 1.807) is 6.92 Å². The predicted molar refractivity (Wildman–Crippen MR) is 118 cm³/mol. The van der Waals surface area contributed by atoms with Gasteiger partial charge in [-0.05, 0) is 38.5 Å². The zero-order valence-corrected chi connectivity index (χ0v) is 17.8. The van der Waals surface area contributed by atoms with Crippen molar-refractivity contribution >= 4 is 11.6 Å². The van der Waals surface area contributed by atoms with Crippen molar-refractivity contribution in [2.45, 2.75) is 27.3 Å². The molecule has 0 saturated carbocycles. The normalized spacial score (nSPS) is 11.3. The molecule has 0 bridgehead atoms. The third kappa shape index (κ3) is 3.31. The summed E-state index contributed by atoms with van der Waals surface area (Å²) < 4.78 is 7.71. The van der Waals surface area contributed by atoms with E-state index in [2.05, 4.69) is 25.2 Å². The highest BCUT2D eigenvalue weighted by atomic mass is 16.5. The Balaban J connectivity index is 1.83. The number of pyridine rings is 1. The van der Waals surface area contributed by atoms with E-state index in [1.807, 2.05) is 56.3 Å². The van der Waals surface area contributed by atoms with Gasteiger partial charge in [-0.3, -0.25) is 4.98 Å². The maximum Gasteiger partial charge on any atom is 0.353 e. The highest BCUT2D eigenvalue weighted by Gasteiger charge is 2.22. The average Bonchev–Trinajstić information content (AvgIpc) is 3.31. The molecule has 10 nitrogen and oxygen atoms in total. The molecule has 1 aromatic carbocycles. The molecule has 4 aromatic heterocycles. The molecule has 32 heavy (non-hydrogen) atoms. The van der Waals surface area contributed by atoms with E-state index in [1.165, 1.54) is 9.08 Å².